The monoisotopic (exact) mass is 408 g/mol. The van der Waals surface area contributed by atoms with Gasteiger partial charge in [-0.3, -0.25) is 9.10 Å². The smallest absolute Gasteiger partial charge is 0.255 e. The Morgan fingerprint density at radius 1 is 1.21 bits per heavy atom. The van der Waals surface area contributed by atoms with E-state index in [9.17, 15) is 13.2 Å². The second-order valence-corrected chi connectivity index (χ2v) is 8.58. The number of halogens is 1. The summed E-state index contributed by atoms with van der Waals surface area (Å²) in [6.45, 7) is 2.40. The largest absolute Gasteiger partial charge is 0.322 e. The van der Waals surface area contributed by atoms with E-state index in [0.717, 1.165) is 10.0 Å². The number of benzene rings is 2. The molecule has 1 aliphatic rings. The molecule has 0 unspecified atom stereocenters. The third kappa shape index (κ3) is 3.47. The maximum atomic E-state index is 12.4. The molecule has 0 radical (unpaired) electrons. The quantitative estimate of drug-likeness (QED) is 0.843. The molecule has 0 atom stereocenters. The zero-order valence-corrected chi connectivity index (χ0v) is 15.5. The van der Waals surface area contributed by atoms with Crippen LogP contribution in [0, 0.1) is 6.92 Å². The van der Waals surface area contributed by atoms with Gasteiger partial charge in [0, 0.05) is 22.3 Å². The summed E-state index contributed by atoms with van der Waals surface area (Å²) in [5, 5.41) is 2.84. The van der Waals surface area contributed by atoms with Crippen molar-refractivity contribution in [3.8, 4) is 0 Å². The molecule has 1 heterocycles. The standard InChI is InChI=1S/C17H17BrN2O3S/c1-12-10-14(6-7-16(12)18)19-17(21)13-4-2-5-15(11-13)20-8-3-9-24(20,22)23/h2,4-7,10-11H,3,8-9H2,1H3,(H,19,21). The molecule has 0 bridgehead atoms. The van der Waals surface area contributed by atoms with E-state index >= 15 is 0 Å². The highest BCUT2D eigenvalue weighted by Crippen LogP contribution is 2.25. The normalized spacial score (nSPS) is 16.2. The highest BCUT2D eigenvalue weighted by atomic mass is 79.9. The topological polar surface area (TPSA) is 66.5 Å². The molecule has 0 spiro atoms. The molecule has 2 aromatic rings. The Hall–Kier alpha value is -1.86. The number of aryl methyl sites for hydroxylation is 1. The zero-order valence-electron chi connectivity index (χ0n) is 13.1. The van der Waals surface area contributed by atoms with E-state index in [0.29, 0.717) is 29.9 Å². The summed E-state index contributed by atoms with van der Waals surface area (Å²) in [5.41, 5.74) is 2.67. The van der Waals surface area contributed by atoms with Crippen molar-refractivity contribution in [2.24, 2.45) is 0 Å². The van der Waals surface area contributed by atoms with Crippen molar-refractivity contribution < 1.29 is 13.2 Å². The zero-order chi connectivity index (χ0) is 17.3. The van der Waals surface area contributed by atoms with Crippen LogP contribution in [0.25, 0.3) is 0 Å². The molecule has 5 nitrogen and oxygen atoms in total. The second-order valence-electron chi connectivity index (χ2n) is 5.71. The number of hydrogen-bond donors (Lipinski definition) is 1. The lowest BCUT2D eigenvalue weighted by molar-refractivity contribution is 0.102. The van der Waals surface area contributed by atoms with Crippen molar-refractivity contribution in [2.75, 3.05) is 21.9 Å². The number of amides is 1. The molecule has 0 aromatic heterocycles. The molecule has 1 amide bonds. The maximum absolute atomic E-state index is 12.4. The van der Waals surface area contributed by atoms with Crippen molar-refractivity contribution in [3.63, 3.8) is 0 Å². The Bertz CT molecular complexity index is 896. The van der Waals surface area contributed by atoms with Crippen molar-refractivity contribution in [1.29, 1.82) is 0 Å². The molecular weight excluding hydrogens is 392 g/mol. The minimum Gasteiger partial charge on any atom is -0.322 e. The Labute approximate surface area is 149 Å². The van der Waals surface area contributed by atoms with E-state index in [-0.39, 0.29) is 11.7 Å². The molecule has 1 fully saturated rings. The molecule has 126 valence electrons. The van der Waals surface area contributed by atoms with Gasteiger partial charge in [-0.05, 0) is 55.3 Å². The van der Waals surface area contributed by atoms with Crippen LogP contribution >= 0.6 is 15.9 Å². The van der Waals surface area contributed by atoms with Gasteiger partial charge >= 0.3 is 0 Å². The van der Waals surface area contributed by atoms with Crippen LogP contribution < -0.4 is 9.62 Å². The van der Waals surface area contributed by atoms with E-state index in [4.69, 9.17) is 0 Å². The minimum atomic E-state index is -3.26. The highest BCUT2D eigenvalue weighted by molar-refractivity contribution is 9.10. The summed E-state index contributed by atoms with van der Waals surface area (Å²) in [7, 11) is -3.26. The average Bonchev–Trinajstić information content (AvgIpc) is 2.90. The van der Waals surface area contributed by atoms with Crippen LogP contribution in [0.4, 0.5) is 11.4 Å². The van der Waals surface area contributed by atoms with E-state index in [1.165, 1.54) is 4.31 Å². The summed E-state index contributed by atoms with van der Waals surface area (Å²) >= 11 is 3.42. The van der Waals surface area contributed by atoms with Gasteiger partial charge < -0.3 is 5.32 Å². The van der Waals surface area contributed by atoms with Gasteiger partial charge in [0.2, 0.25) is 10.0 Å². The molecule has 1 N–H and O–H groups in total. The number of nitrogens with zero attached hydrogens (tertiary/aromatic N) is 1. The van der Waals surface area contributed by atoms with Crippen LogP contribution in [-0.4, -0.2) is 26.6 Å². The molecule has 3 rings (SSSR count). The first-order valence-electron chi connectivity index (χ1n) is 7.55. The Balaban J connectivity index is 1.83. The fraction of sp³-hybridized carbons (Fsp3) is 0.235. The van der Waals surface area contributed by atoms with Crippen molar-refractivity contribution >= 4 is 43.2 Å². The van der Waals surface area contributed by atoms with Crippen molar-refractivity contribution in [1.82, 2.24) is 0 Å². The van der Waals surface area contributed by atoms with Gasteiger partial charge in [0.25, 0.3) is 5.91 Å². The SMILES string of the molecule is Cc1cc(NC(=O)c2cccc(N3CCCS3(=O)=O)c2)ccc1Br. The van der Waals surface area contributed by atoms with Crippen molar-refractivity contribution in [2.45, 2.75) is 13.3 Å². The van der Waals surface area contributed by atoms with Gasteiger partial charge in [-0.2, -0.15) is 0 Å². The average molecular weight is 409 g/mol. The lowest BCUT2D eigenvalue weighted by atomic mass is 10.1. The van der Waals surface area contributed by atoms with Crippen molar-refractivity contribution in [3.05, 3.63) is 58.1 Å². The van der Waals surface area contributed by atoms with Crippen LogP contribution in [0.2, 0.25) is 0 Å². The molecule has 0 aliphatic carbocycles. The van der Waals surface area contributed by atoms with Crippen LogP contribution in [0.5, 0.6) is 0 Å². The fourth-order valence-electron chi connectivity index (χ4n) is 2.66. The summed E-state index contributed by atoms with van der Waals surface area (Å²) in [6.07, 6.45) is 0.608. The summed E-state index contributed by atoms with van der Waals surface area (Å²) in [5.74, 6) is -0.114. The molecule has 0 saturated carbocycles. The van der Waals surface area contributed by atoms with E-state index in [2.05, 4.69) is 21.2 Å². The molecule has 1 aliphatic heterocycles. The summed E-state index contributed by atoms with van der Waals surface area (Å²) < 4.78 is 26.4. The predicted octanol–water partition coefficient (Wildman–Crippen LogP) is 3.55. The molecule has 7 heteroatoms. The summed E-state index contributed by atoms with van der Waals surface area (Å²) in [4.78, 5) is 12.4. The minimum absolute atomic E-state index is 0.154. The Kier molecular flexibility index (Phi) is 4.64. The van der Waals surface area contributed by atoms with E-state index in [1.807, 2.05) is 25.1 Å². The van der Waals surface area contributed by atoms with Gasteiger partial charge in [-0.25, -0.2) is 8.42 Å². The molecule has 1 saturated heterocycles. The van der Waals surface area contributed by atoms with Crippen LogP contribution in [-0.2, 0) is 10.0 Å². The number of carbonyl (C=O) groups excluding carboxylic acids is 1. The molecule has 24 heavy (non-hydrogen) atoms. The number of carbonyl (C=O) groups is 1. The highest BCUT2D eigenvalue weighted by Gasteiger charge is 2.28. The van der Waals surface area contributed by atoms with Crippen LogP contribution in [0.3, 0.4) is 0 Å². The second kappa shape index (κ2) is 6.57. The van der Waals surface area contributed by atoms with E-state index in [1.54, 1.807) is 24.3 Å². The lowest BCUT2D eigenvalue weighted by Crippen LogP contribution is -2.25. The first-order valence-corrected chi connectivity index (χ1v) is 9.95. The number of nitrogens with one attached hydrogen (secondary N) is 1. The Morgan fingerprint density at radius 2 is 2.00 bits per heavy atom. The first kappa shape index (κ1) is 17.0. The van der Waals surface area contributed by atoms with E-state index < -0.39 is 10.0 Å². The van der Waals surface area contributed by atoms with Gasteiger partial charge in [-0.15, -0.1) is 0 Å². The molecular formula is C17H17BrN2O3S. The predicted molar refractivity (Wildman–Crippen MR) is 99.0 cm³/mol. The third-order valence-electron chi connectivity index (χ3n) is 3.91. The first-order chi connectivity index (χ1) is 11.4. The fourth-order valence-corrected chi connectivity index (χ4v) is 4.46. The molecule has 2 aromatic carbocycles. The van der Waals surface area contributed by atoms with Crippen LogP contribution in [0.15, 0.2) is 46.9 Å². The number of rotatable bonds is 3. The van der Waals surface area contributed by atoms with Crippen LogP contribution in [0.1, 0.15) is 22.3 Å². The maximum Gasteiger partial charge on any atom is 0.255 e. The third-order valence-corrected chi connectivity index (χ3v) is 6.67. The van der Waals surface area contributed by atoms with Gasteiger partial charge in [0.05, 0.1) is 11.4 Å². The summed E-state index contributed by atoms with van der Waals surface area (Å²) in [6, 6.07) is 12.3. The number of hydrogen-bond acceptors (Lipinski definition) is 3. The number of sulfonamides is 1. The lowest BCUT2D eigenvalue weighted by Gasteiger charge is -2.17. The van der Waals surface area contributed by atoms with Gasteiger partial charge in [0.15, 0.2) is 0 Å². The number of anilines is 2. The van der Waals surface area contributed by atoms with Gasteiger partial charge in [0.1, 0.15) is 0 Å². The van der Waals surface area contributed by atoms with Gasteiger partial charge in [-0.1, -0.05) is 22.0 Å². The Morgan fingerprint density at radius 3 is 2.67 bits per heavy atom.